The topological polar surface area (TPSA) is 114 Å². The summed E-state index contributed by atoms with van der Waals surface area (Å²) in [5.74, 6) is -0.910. The van der Waals surface area contributed by atoms with Gasteiger partial charge < -0.3 is 4.74 Å². The van der Waals surface area contributed by atoms with Gasteiger partial charge in [0.25, 0.3) is 21.8 Å². The number of halogens is 1. The van der Waals surface area contributed by atoms with E-state index in [1.165, 1.54) is 25.1 Å². The number of amides is 2. The molecular formula is C20H18ClN3O5S2. The van der Waals surface area contributed by atoms with Crippen molar-refractivity contribution < 1.29 is 22.7 Å². The lowest BCUT2D eigenvalue weighted by Crippen LogP contribution is -2.47. The fourth-order valence-electron chi connectivity index (χ4n) is 2.47. The second kappa shape index (κ2) is 9.82. The monoisotopic (exact) mass is 479 g/mol. The fraction of sp³-hybridized carbons (Fsp3) is 0.100. The minimum absolute atomic E-state index is 0.0337. The molecule has 3 N–H and O–H groups in total. The third-order valence-electron chi connectivity index (χ3n) is 3.95. The highest BCUT2D eigenvalue weighted by molar-refractivity contribution is 7.94. The molecule has 0 aliphatic carbocycles. The van der Waals surface area contributed by atoms with E-state index in [0.29, 0.717) is 10.8 Å². The number of carbonyl (C=O) groups excluding carboxylic acids is 2. The van der Waals surface area contributed by atoms with Gasteiger partial charge in [0.15, 0.2) is 6.10 Å². The highest BCUT2D eigenvalue weighted by Crippen LogP contribution is 2.23. The number of ether oxygens (including phenoxy) is 1. The Hall–Kier alpha value is -3.08. The van der Waals surface area contributed by atoms with Crippen molar-refractivity contribution in [2.75, 3.05) is 4.72 Å². The number of hydrazine groups is 1. The van der Waals surface area contributed by atoms with E-state index in [1.807, 2.05) is 0 Å². The van der Waals surface area contributed by atoms with Crippen LogP contribution in [0.3, 0.4) is 0 Å². The number of para-hydroxylation sites is 1. The number of sulfonamides is 1. The molecule has 2 amide bonds. The standard InChI is InChI=1S/C20H18ClN3O5S2/c1-13(29-15-7-4-6-14(21)12-15)19(25)22-23-20(26)16-8-2-3-9-17(16)24-31(27,28)18-10-5-11-30-18/h2-13,24H,1H3,(H,22,25)(H,23,26). The molecule has 11 heteroatoms. The summed E-state index contributed by atoms with van der Waals surface area (Å²) in [6.07, 6.45) is -0.925. The molecule has 0 spiro atoms. The molecule has 1 atom stereocenters. The molecule has 0 aliphatic heterocycles. The summed E-state index contributed by atoms with van der Waals surface area (Å²) >= 11 is 6.94. The van der Waals surface area contributed by atoms with Gasteiger partial charge in [-0.2, -0.15) is 0 Å². The van der Waals surface area contributed by atoms with Crippen LogP contribution in [0.25, 0.3) is 0 Å². The van der Waals surface area contributed by atoms with E-state index in [1.54, 1.807) is 47.8 Å². The number of hydrogen-bond acceptors (Lipinski definition) is 6. The average molecular weight is 480 g/mol. The molecule has 0 saturated heterocycles. The van der Waals surface area contributed by atoms with Crippen LogP contribution in [-0.2, 0) is 14.8 Å². The Kier molecular flexibility index (Phi) is 7.16. The summed E-state index contributed by atoms with van der Waals surface area (Å²) in [5.41, 5.74) is 4.63. The smallest absolute Gasteiger partial charge is 0.279 e. The molecular weight excluding hydrogens is 462 g/mol. The van der Waals surface area contributed by atoms with Crippen LogP contribution < -0.4 is 20.3 Å². The summed E-state index contributed by atoms with van der Waals surface area (Å²) in [6, 6.07) is 15.7. The van der Waals surface area contributed by atoms with Crippen molar-refractivity contribution in [1.82, 2.24) is 10.9 Å². The maximum atomic E-state index is 12.6. The van der Waals surface area contributed by atoms with Crippen LogP contribution in [0.2, 0.25) is 5.02 Å². The van der Waals surface area contributed by atoms with E-state index >= 15 is 0 Å². The predicted molar refractivity (Wildman–Crippen MR) is 119 cm³/mol. The molecule has 1 heterocycles. The molecule has 0 bridgehead atoms. The Bertz CT molecular complexity index is 1180. The van der Waals surface area contributed by atoms with Gasteiger partial charge in [-0.3, -0.25) is 25.2 Å². The van der Waals surface area contributed by atoms with Gasteiger partial charge in [0.05, 0.1) is 11.3 Å². The van der Waals surface area contributed by atoms with E-state index in [9.17, 15) is 18.0 Å². The molecule has 2 aromatic carbocycles. The van der Waals surface area contributed by atoms with E-state index in [2.05, 4.69) is 15.6 Å². The van der Waals surface area contributed by atoms with Crippen LogP contribution in [0.15, 0.2) is 70.3 Å². The molecule has 1 unspecified atom stereocenters. The first kappa shape index (κ1) is 22.6. The number of hydrogen-bond donors (Lipinski definition) is 3. The lowest BCUT2D eigenvalue weighted by atomic mass is 10.2. The molecule has 0 aliphatic rings. The van der Waals surface area contributed by atoms with Gasteiger partial charge in [-0.15, -0.1) is 11.3 Å². The van der Waals surface area contributed by atoms with Crippen molar-refractivity contribution in [3.05, 3.63) is 76.6 Å². The SMILES string of the molecule is CC(Oc1cccc(Cl)c1)C(=O)NNC(=O)c1ccccc1NS(=O)(=O)c1cccs1. The molecule has 1 aromatic heterocycles. The van der Waals surface area contributed by atoms with Crippen molar-refractivity contribution in [2.24, 2.45) is 0 Å². The van der Waals surface area contributed by atoms with Crippen molar-refractivity contribution in [1.29, 1.82) is 0 Å². The van der Waals surface area contributed by atoms with Crippen molar-refractivity contribution in [3.63, 3.8) is 0 Å². The van der Waals surface area contributed by atoms with Crippen molar-refractivity contribution >= 4 is 50.5 Å². The Balaban J connectivity index is 1.64. The van der Waals surface area contributed by atoms with E-state index in [0.717, 1.165) is 11.3 Å². The average Bonchev–Trinajstić information content (AvgIpc) is 3.28. The number of nitrogens with one attached hydrogen (secondary N) is 3. The number of rotatable bonds is 7. The van der Waals surface area contributed by atoms with E-state index < -0.39 is 27.9 Å². The van der Waals surface area contributed by atoms with Gasteiger partial charge in [0, 0.05) is 5.02 Å². The zero-order valence-corrected chi connectivity index (χ0v) is 18.6. The second-order valence-electron chi connectivity index (χ2n) is 6.24. The Morgan fingerprint density at radius 1 is 1.03 bits per heavy atom. The zero-order valence-electron chi connectivity index (χ0n) is 16.2. The van der Waals surface area contributed by atoms with Crippen molar-refractivity contribution in [2.45, 2.75) is 17.2 Å². The molecule has 162 valence electrons. The van der Waals surface area contributed by atoms with Crippen LogP contribution >= 0.6 is 22.9 Å². The van der Waals surface area contributed by atoms with Gasteiger partial charge in [-0.05, 0) is 48.7 Å². The summed E-state index contributed by atoms with van der Waals surface area (Å²) < 4.78 is 32.9. The summed E-state index contributed by atoms with van der Waals surface area (Å²) in [5, 5.41) is 2.09. The highest BCUT2D eigenvalue weighted by Gasteiger charge is 2.21. The summed E-state index contributed by atoms with van der Waals surface area (Å²) in [4.78, 5) is 24.8. The maximum Gasteiger partial charge on any atom is 0.279 e. The maximum absolute atomic E-state index is 12.6. The normalized spacial score (nSPS) is 11.9. The van der Waals surface area contributed by atoms with Gasteiger partial charge >= 0.3 is 0 Å². The largest absolute Gasteiger partial charge is 0.481 e. The van der Waals surface area contributed by atoms with Gasteiger partial charge in [-0.1, -0.05) is 35.9 Å². The molecule has 0 radical (unpaired) electrons. The molecule has 3 rings (SSSR count). The molecule has 3 aromatic rings. The number of thiophene rings is 1. The highest BCUT2D eigenvalue weighted by atomic mass is 35.5. The van der Waals surface area contributed by atoms with Crippen LogP contribution in [0.5, 0.6) is 5.75 Å². The first-order valence-corrected chi connectivity index (χ1v) is 11.7. The van der Waals surface area contributed by atoms with Crippen LogP contribution in [-0.4, -0.2) is 26.3 Å². The lowest BCUT2D eigenvalue weighted by Gasteiger charge is -2.16. The van der Waals surface area contributed by atoms with Crippen LogP contribution in [0.1, 0.15) is 17.3 Å². The summed E-state index contributed by atoms with van der Waals surface area (Å²) in [6.45, 7) is 1.51. The number of carbonyl (C=O) groups is 2. The predicted octanol–water partition coefficient (Wildman–Crippen LogP) is 3.43. The Labute approximate surface area is 188 Å². The van der Waals surface area contributed by atoms with E-state index in [4.69, 9.17) is 16.3 Å². The molecule has 31 heavy (non-hydrogen) atoms. The minimum Gasteiger partial charge on any atom is -0.481 e. The van der Waals surface area contributed by atoms with Gasteiger partial charge in [0.2, 0.25) is 0 Å². The lowest BCUT2D eigenvalue weighted by molar-refractivity contribution is -0.128. The first-order valence-electron chi connectivity index (χ1n) is 8.94. The third-order valence-corrected chi connectivity index (χ3v) is 6.95. The Morgan fingerprint density at radius 3 is 2.52 bits per heavy atom. The zero-order chi connectivity index (χ0) is 22.4. The van der Waals surface area contributed by atoms with Gasteiger partial charge in [0.1, 0.15) is 9.96 Å². The molecule has 8 nitrogen and oxygen atoms in total. The fourth-order valence-corrected chi connectivity index (χ4v) is 4.72. The molecule has 0 saturated carbocycles. The van der Waals surface area contributed by atoms with Gasteiger partial charge in [-0.25, -0.2) is 8.42 Å². The van der Waals surface area contributed by atoms with Crippen LogP contribution in [0, 0.1) is 0 Å². The van der Waals surface area contributed by atoms with Crippen LogP contribution in [0.4, 0.5) is 5.69 Å². The second-order valence-corrected chi connectivity index (χ2v) is 9.54. The quantitative estimate of drug-likeness (QED) is 0.449. The Morgan fingerprint density at radius 2 is 1.81 bits per heavy atom. The first-order chi connectivity index (χ1) is 14.8. The number of anilines is 1. The minimum atomic E-state index is -3.84. The summed E-state index contributed by atoms with van der Waals surface area (Å²) in [7, 11) is -3.84. The number of benzene rings is 2. The molecule has 0 fully saturated rings. The third kappa shape index (κ3) is 5.97. The van der Waals surface area contributed by atoms with E-state index in [-0.39, 0.29) is 15.5 Å². The van der Waals surface area contributed by atoms with Crippen molar-refractivity contribution in [3.8, 4) is 5.75 Å².